The summed E-state index contributed by atoms with van der Waals surface area (Å²) in [5.41, 5.74) is 10.9. The predicted octanol–water partition coefficient (Wildman–Crippen LogP) is 6.88. The maximum absolute atomic E-state index is 13.4. The second-order valence-corrected chi connectivity index (χ2v) is 13.0. The number of aryl methyl sites for hydroxylation is 3. The number of nitrogens with zero attached hydrogens (tertiary/aromatic N) is 2. The molecule has 0 fully saturated rings. The van der Waals surface area contributed by atoms with Crippen molar-refractivity contribution in [3.8, 4) is 0 Å². The first-order valence-corrected chi connectivity index (χ1v) is 16.0. The van der Waals surface area contributed by atoms with Crippen LogP contribution in [-0.4, -0.2) is 57.2 Å². The highest BCUT2D eigenvalue weighted by Crippen LogP contribution is 2.55. The van der Waals surface area contributed by atoms with Crippen LogP contribution in [0.5, 0.6) is 0 Å². The van der Waals surface area contributed by atoms with Gasteiger partial charge < -0.3 is 24.5 Å². The number of carbonyl (C=O) groups excluding carboxylic acids is 2. The second kappa shape index (κ2) is 12.1. The van der Waals surface area contributed by atoms with Crippen LogP contribution in [0.1, 0.15) is 84.6 Å². The Labute approximate surface area is 278 Å². The lowest BCUT2D eigenvalue weighted by molar-refractivity contribution is -0.149. The predicted molar refractivity (Wildman–Crippen MR) is 185 cm³/mol. The number of esters is 2. The zero-order valence-corrected chi connectivity index (χ0v) is 28.3. The van der Waals surface area contributed by atoms with Crippen molar-refractivity contribution in [1.82, 2.24) is 19.9 Å². The smallest absolute Gasteiger partial charge is 0.332 e. The van der Waals surface area contributed by atoms with E-state index >= 15 is 0 Å². The lowest BCUT2D eigenvalue weighted by Crippen LogP contribution is -2.45. The van der Waals surface area contributed by atoms with Gasteiger partial charge in [-0.25, -0.2) is 9.78 Å². The zero-order valence-electron chi connectivity index (χ0n) is 28.3. The van der Waals surface area contributed by atoms with E-state index in [1.54, 1.807) is 6.08 Å². The van der Waals surface area contributed by atoms with Crippen LogP contribution in [0.4, 0.5) is 0 Å². The molecule has 0 spiro atoms. The summed E-state index contributed by atoms with van der Waals surface area (Å²) in [4.78, 5) is 55.4. The maximum Gasteiger partial charge on any atom is 0.332 e. The molecule has 0 radical (unpaired) electrons. The van der Waals surface area contributed by atoms with Gasteiger partial charge >= 0.3 is 17.9 Å². The number of ether oxygens (including phenoxy) is 2. The Balaban J connectivity index is 1.74. The first kappa shape index (κ1) is 32.7. The minimum atomic E-state index is -1.16. The van der Waals surface area contributed by atoms with E-state index in [0.717, 1.165) is 66.9 Å². The molecule has 0 amide bonds. The molecular weight excluding hydrogens is 608 g/mol. The summed E-state index contributed by atoms with van der Waals surface area (Å²) in [6.07, 6.45) is 4.54. The van der Waals surface area contributed by atoms with Crippen molar-refractivity contribution in [3.05, 3.63) is 87.5 Å². The number of fused-ring (bicyclic) bond motifs is 11. The molecule has 6 rings (SSSR count). The van der Waals surface area contributed by atoms with E-state index in [9.17, 15) is 19.5 Å². The zero-order chi connectivity index (χ0) is 34.7. The van der Waals surface area contributed by atoms with E-state index in [-0.39, 0.29) is 23.9 Å². The lowest BCUT2D eigenvalue weighted by Gasteiger charge is -2.40. The summed E-state index contributed by atoms with van der Waals surface area (Å²) >= 11 is 0. The van der Waals surface area contributed by atoms with Gasteiger partial charge in [-0.2, -0.15) is 0 Å². The molecule has 3 aromatic rings. The van der Waals surface area contributed by atoms with Crippen molar-refractivity contribution >= 4 is 57.2 Å². The van der Waals surface area contributed by atoms with Gasteiger partial charge in [0.15, 0.2) is 0 Å². The SMILES string of the molecule is C=Cc1c(C)c2cc3nc(cc4nc(cc5[nH]c(cc1[nH]2)c(C)c5CCC(=O)OC)C(C)=C4C)C1(C)C(C(=O)OC)C(C(=O)O)=CCC31. The molecule has 3 atom stereocenters. The van der Waals surface area contributed by atoms with Crippen LogP contribution in [-0.2, 0) is 35.7 Å². The first-order chi connectivity index (χ1) is 22.8. The lowest BCUT2D eigenvalue weighted by atomic mass is 9.60. The van der Waals surface area contributed by atoms with Crippen LogP contribution in [0.15, 0.2) is 42.5 Å². The van der Waals surface area contributed by atoms with E-state index in [1.807, 2.05) is 65.0 Å². The van der Waals surface area contributed by atoms with Crippen LogP contribution in [0, 0.1) is 19.8 Å². The molecule has 248 valence electrons. The fourth-order valence-electron chi connectivity index (χ4n) is 7.54. The van der Waals surface area contributed by atoms with Crippen LogP contribution < -0.4 is 0 Å². The summed E-state index contributed by atoms with van der Waals surface area (Å²) in [5, 5.41) is 10.2. The second-order valence-electron chi connectivity index (χ2n) is 13.0. The highest BCUT2D eigenvalue weighted by atomic mass is 16.5. The number of carboxylic acids is 1. The molecular formula is C38H40N4O6. The van der Waals surface area contributed by atoms with Gasteiger partial charge in [-0.05, 0) is 92.6 Å². The van der Waals surface area contributed by atoms with Gasteiger partial charge in [0.1, 0.15) is 5.92 Å². The number of rotatable bonds is 6. The molecule has 0 saturated carbocycles. The highest BCUT2D eigenvalue weighted by Gasteiger charge is 2.56. The molecule has 10 nitrogen and oxygen atoms in total. The molecule has 3 aromatic heterocycles. The minimum absolute atomic E-state index is 0.00489. The number of hydrogen-bond donors (Lipinski definition) is 3. The molecule has 1 aliphatic carbocycles. The molecule has 0 aromatic carbocycles. The van der Waals surface area contributed by atoms with Crippen LogP contribution >= 0.6 is 0 Å². The number of hydrogen-bond acceptors (Lipinski definition) is 7. The van der Waals surface area contributed by atoms with Crippen molar-refractivity contribution in [3.63, 3.8) is 0 Å². The fraction of sp³-hybridized carbons (Fsp3) is 0.342. The molecule has 48 heavy (non-hydrogen) atoms. The Morgan fingerprint density at radius 1 is 0.938 bits per heavy atom. The number of aliphatic carboxylic acids is 1. The molecule has 0 saturated heterocycles. The van der Waals surface area contributed by atoms with Crippen LogP contribution in [0.3, 0.4) is 0 Å². The Bertz CT molecular complexity index is 2150. The normalized spacial score (nSPS) is 20.2. The Kier molecular flexibility index (Phi) is 8.23. The minimum Gasteiger partial charge on any atom is -0.478 e. The molecule has 3 N–H and O–H groups in total. The summed E-state index contributed by atoms with van der Waals surface area (Å²) < 4.78 is 10.2. The summed E-state index contributed by atoms with van der Waals surface area (Å²) in [6, 6.07) is 7.93. The van der Waals surface area contributed by atoms with Gasteiger partial charge in [-0.15, -0.1) is 0 Å². The van der Waals surface area contributed by atoms with Crippen molar-refractivity contribution in [2.45, 2.75) is 65.2 Å². The largest absolute Gasteiger partial charge is 0.478 e. The van der Waals surface area contributed by atoms with Gasteiger partial charge in [-0.3, -0.25) is 14.6 Å². The number of aromatic nitrogens is 4. The quantitative estimate of drug-likeness (QED) is 0.245. The third-order valence-electron chi connectivity index (χ3n) is 10.6. The van der Waals surface area contributed by atoms with E-state index in [0.29, 0.717) is 24.2 Å². The molecule has 2 aliphatic heterocycles. The van der Waals surface area contributed by atoms with Gasteiger partial charge in [0.25, 0.3) is 0 Å². The highest BCUT2D eigenvalue weighted by molar-refractivity contribution is 5.96. The number of carbonyl (C=O) groups is 3. The number of methoxy groups -OCH3 is 2. The molecule has 5 heterocycles. The summed E-state index contributed by atoms with van der Waals surface area (Å²) in [6.45, 7) is 14.0. The van der Waals surface area contributed by atoms with Gasteiger partial charge in [0.05, 0.1) is 31.3 Å². The van der Waals surface area contributed by atoms with Crippen LogP contribution in [0.25, 0.3) is 39.3 Å². The van der Waals surface area contributed by atoms with Gasteiger partial charge in [0, 0.05) is 56.7 Å². The number of allylic oxidation sites excluding steroid dienone is 3. The summed E-state index contributed by atoms with van der Waals surface area (Å²) in [7, 11) is 2.67. The molecule has 3 unspecified atom stereocenters. The summed E-state index contributed by atoms with van der Waals surface area (Å²) in [5.74, 6) is -3.46. The van der Waals surface area contributed by atoms with Gasteiger partial charge in [0.2, 0.25) is 0 Å². The van der Waals surface area contributed by atoms with E-state index in [1.165, 1.54) is 14.2 Å². The third-order valence-corrected chi connectivity index (χ3v) is 10.6. The fourth-order valence-corrected chi connectivity index (χ4v) is 7.54. The van der Waals surface area contributed by atoms with Crippen molar-refractivity contribution in [1.29, 1.82) is 0 Å². The van der Waals surface area contributed by atoms with E-state index in [2.05, 4.69) is 16.5 Å². The maximum atomic E-state index is 13.4. The number of carboxylic acid groups (broad SMARTS) is 1. The molecule has 8 bridgehead atoms. The van der Waals surface area contributed by atoms with Crippen molar-refractivity contribution in [2.24, 2.45) is 5.92 Å². The topological polar surface area (TPSA) is 147 Å². The Morgan fingerprint density at radius 2 is 1.60 bits per heavy atom. The first-order valence-electron chi connectivity index (χ1n) is 16.0. The van der Waals surface area contributed by atoms with E-state index in [4.69, 9.17) is 19.4 Å². The Hall–Kier alpha value is -5.25. The number of nitrogens with one attached hydrogen (secondary N) is 2. The van der Waals surface area contributed by atoms with Crippen molar-refractivity contribution in [2.75, 3.05) is 14.2 Å². The van der Waals surface area contributed by atoms with Gasteiger partial charge in [-0.1, -0.05) is 25.7 Å². The third kappa shape index (κ3) is 5.06. The van der Waals surface area contributed by atoms with Crippen molar-refractivity contribution < 1.29 is 29.0 Å². The average molecular weight is 649 g/mol. The van der Waals surface area contributed by atoms with Crippen LogP contribution in [0.2, 0.25) is 0 Å². The number of aromatic amines is 2. The number of H-pyrrole nitrogens is 2. The Morgan fingerprint density at radius 3 is 2.25 bits per heavy atom. The molecule has 3 aliphatic rings. The average Bonchev–Trinajstić information content (AvgIpc) is 3.70. The van der Waals surface area contributed by atoms with E-state index < -0.39 is 23.3 Å². The standard InChI is InChI=1S/C38H40N4O6/c1-9-22-20(4)28-16-32-25-12-10-24(36(44)45)35(37(46)48-8)38(25,6)33(42-32)17-29-19(3)18(2)26(39-29)14-31-23(11-13-34(43)47-7)21(5)27(41-31)15-30(22)40-28/h9-10,14-17,25,35,40-41H,1,11-13H2,2-8H3,(H,44,45). The molecule has 10 heteroatoms. The monoisotopic (exact) mass is 648 g/mol.